The molecule has 8 nitrogen and oxygen atoms in total. The Morgan fingerprint density at radius 1 is 0.731 bits per heavy atom. The van der Waals surface area contributed by atoms with Crippen molar-refractivity contribution in [1.29, 1.82) is 0 Å². The summed E-state index contributed by atoms with van der Waals surface area (Å²) in [7, 11) is 0. The maximum atomic E-state index is 12.3. The number of carbonyl (C=O) groups excluding carboxylic acids is 4. The largest absolute Gasteiger partial charge is 0.466 e. The van der Waals surface area contributed by atoms with E-state index in [0.29, 0.717) is 0 Å². The van der Waals surface area contributed by atoms with Crippen LogP contribution in [-0.4, -0.2) is 37.1 Å². The van der Waals surface area contributed by atoms with Gasteiger partial charge in [-0.3, -0.25) is 19.2 Å². The first kappa shape index (κ1) is 21.4. The molecular formula is C18H24O8. The second-order valence-corrected chi connectivity index (χ2v) is 5.61. The van der Waals surface area contributed by atoms with Crippen LogP contribution in [0.3, 0.4) is 0 Å². The topological polar surface area (TPSA) is 105 Å². The van der Waals surface area contributed by atoms with Gasteiger partial charge >= 0.3 is 23.9 Å². The molecule has 144 valence electrons. The van der Waals surface area contributed by atoms with Crippen LogP contribution >= 0.6 is 0 Å². The van der Waals surface area contributed by atoms with Crippen molar-refractivity contribution >= 4 is 23.9 Å². The summed E-state index contributed by atoms with van der Waals surface area (Å²) in [5.41, 5.74) is 0. The molecule has 0 aromatic rings. The Morgan fingerprint density at radius 2 is 1.04 bits per heavy atom. The summed E-state index contributed by atoms with van der Waals surface area (Å²) in [5, 5.41) is 0. The molecular weight excluding hydrogens is 344 g/mol. The zero-order valence-corrected chi connectivity index (χ0v) is 15.0. The quantitative estimate of drug-likeness (QED) is 0.362. The van der Waals surface area contributed by atoms with E-state index in [1.54, 1.807) is 13.8 Å². The van der Waals surface area contributed by atoms with Gasteiger partial charge in [0.25, 0.3) is 0 Å². The fraction of sp³-hybridized carbons (Fsp3) is 0.556. The second kappa shape index (κ2) is 10.4. The summed E-state index contributed by atoms with van der Waals surface area (Å²) in [6.07, 6.45) is 1.67. The van der Waals surface area contributed by atoms with Crippen LogP contribution in [0, 0.1) is 23.7 Å². The SMILES string of the molecule is C=COC(=O)C1CC(C(=O)OCC)C(C(=O)OCC)CC1C(=O)OC=C. The lowest BCUT2D eigenvalue weighted by molar-refractivity contribution is -0.172. The van der Waals surface area contributed by atoms with Crippen LogP contribution in [0.4, 0.5) is 0 Å². The minimum absolute atomic E-state index is 0.105. The molecule has 4 unspecified atom stereocenters. The molecule has 0 aromatic heterocycles. The van der Waals surface area contributed by atoms with Gasteiger partial charge in [0.05, 0.1) is 49.4 Å². The van der Waals surface area contributed by atoms with Crippen LogP contribution < -0.4 is 0 Å². The van der Waals surface area contributed by atoms with E-state index < -0.39 is 47.5 Å². The van der Waals surface area contributed by atoms with Crippen molar-refractivity contribution in [1.82, 2.24) is 0 Å². The molecule has 0 bridgehead atoms. The number of hydrogen-bond donors (Lipinski definition) is 0. The van der Waals surface area contributed by atoms with Crippen LogP contribution in [-0.2, 0) is 38.1 Å². The highest BCUT2D eigenvalue weighted by Crippen LogP contribution is 2.41. The van der Waals surface area contributed by atoms with Gasteiger partial charge < -0.3 is 18.9 Å². The van der Waals surface area contributed by atoms with Gasteiger partial charge in [0, 0.05) is 0 Å². The molecule has 0 heterocycles. The van der Waals surface area contributed by atoms with Gasteiger partial charge in [-0.1, -0.05) is 13.2 Å². The van der Waals surface area contributed by atoms with Crippen LogP contribution in [0.25, 0.3) is 0 Å². The highest BCUT2D eigenvalue weighted by molar-refractivity contribution is 5.88. The van der Waals surface area contributed by atoms with E-state index in [9.17, 15) is 19.2 Å². The highest BCUT2D eigenvalue weighted by Gasteiger charge is 2.50. The van der Waals surface area contributed by atoms with Crippen molar-refractivity contribution in [2.45, 2.75) is 26.7 Å². The van der Waals surface area contributed by atoms with Crippen molar-refractivity contribution in [2.24, 2.45) is 23.7 Å². The van der Waals surface area contributed by atoms with E-state index in [1.165, 1.54) is 0 Å². The number of carbonyl (C=O) groups is 4. The predicted octanol–water partition coefficient (Wildman–Crippen LogP) is 1.74. The van der Waals surface area contributed by atoms with Gasteiger partial charge in [0.15, 0.2) is 0 Å². The normalized spacial score (nSPS) is 24.7. The Balaban J connectivity index is 3.21. The maximum absolute atomic E-state index is 12.3. The fourth-order valence-corrected chi connectivity index (χ4v) is 3.08. The molecule has 26 heavy (non-hydrogen) atoms. The molecule has 4 atom stereocenters. The molecule has 1 aliphatic rings. The van der Waals surface area contributed by atoms with Gasteiger partial charge in [-0.05, 0) is 26.7 Å². The maximum Gasteiger partial charge on any atom is 0.314 e. The van der Waals surface area contributed by atoms with Crippen LogP contribution in [0.1, 0.15) is 26.7 Å². The minimum atomic E-state index is -0.986. The zero-order valence-electron chi connectivity index (χ0n) is 15.0. The molecule has 0 aromatic carbocycles. The number of esters is 4. The van der Waals surface area contributed by atoms with Gasteiger partial charge in [-0.15, -0.1) is 0 Å². The third-order valence-electron chi connectivity index (χ3n) is 4.17. The fourth-order valence-electron chi connectivity index (χ4n) is 3.08. The Bertz CT molecular complexity index is 518. The summed E-state index contributed by atoms with van der Waals surface area (Å²) < 4.78 is 19.6. The lowest BCUT2D eigenvalue weighted by Gasteiger charge is -2.36. The Hall–Kier alpha value is -2.64. The number of rotatable bonds is 8. The van der Waals surface area contributed by atoms with Crippen molar-refractivity contribution in [3.8, 4) is 0 Å². The van der Waals surface area contributed by atoms with Gasteiger partial charge in [0.2, 0.25) is 0 Å². The van der Waals surface area contributed by atoms with Gasteiger partial charge in [-0.2, -0.15) is 0 Å². The smallest absolute Gasteiger partial charge is 0.314 e. The van der Waals surface area contributed by atoms with E-state index in [-0.39, 0.29) is 26.1 Å². The first-order valence-electron chi connectivity index (χ1n) is 8.37. The summed E-state index contributed by atoms with van der Waals surface area (Å²) >= 11 is 0. The van der Waals surface area contributed by atoms with E-state index in [0.717, 1.165) is 12.5 Å². The predicted molar refractivity (Wildman–Crippen MR) is 89.0 cm³/mol. The monoisotopic (exact) mass is 368 g/mol. The van der Waals surface area contributed by atoms with E-state index in [2.05, 4.69) is 13.2 Å². The number of hydrogen-bond acceptors (Lipinski definition) is 8. The second-order valence-electron chi connectivity index (χ2n) is 5.61. The van der Waals surface area contributed by atoms with Gasteiger partial charge in [-0.25, -0.2) is 0 Å². The molecule has 0 saturated heterocycles. The Morgan fingerprint density at radius 3 is 1.31 bits per heavy atom. The molecule has 1 aliphatic carbocycles. The first-order chi connectivity index (χ1) is 12.4. The first-order valence-corrected chi connectivity index (χ1v) is 8.37. The minimum Gasteiger partial charge on any atom is -0.466 e. The summed E-state index contributed by atoms with van der Waals surface area (Å²) in [4.78, 5) is 49.1. The molecule has 0 amide bonds. The molecule has 1 rings (SSSR count). The Kier molecular flexibility index (Phi) is 8.54. The summed E-state index contributed by atoms with van der Waals surface area (Å²) in [5.74, 6) is -6.55. The third kappa shape index (κ3) is 5.18. The summed E-state index contributed by atoms with van der Waals surface area (Å²) in [6.45, 7) is 10.1. The van der Waals surface area contributed by atoms with E-state index in [4.69, 9.17) is 18.9 Å². The molecule has 8 heteroatoms. The number of ether oxygens (including phenoxy) is 4. The van der Waals surface area contributed by atoms with Crippen molar-refractivity contribution in [3.63, 3.8) is 0 Å². The van der Waals surface area contributed by atoms with Crippen LogP contribution in [0.15, 0.2) is 25.7 Å². The van der Waals surface area contributed by atoms with Crippen LogP contribution in [0.2, 0.25) is 0 Å². The Labute approximate surface area is 152 Å². The third-order valence-corrected chi connectivity index (χ3v) is 4.17. The molecule has 0 N–H and O–H groups in total. The van der Waals surface area contributed by atoms with Crippen molar-refractivity contribution < 1.29 is 38.1 Å². The van der Waals surface area contributed by atoms with E-state index in [1.807, 2.05) is 0 Å². The average molecular weight is 368 g/mol. The molecule has 0 radical (unpaired) electrons. The van der Waals surface area contributed by atoms with Crippen molar-refractivity contribution in [3.05, 3.63) is 25.7 Å². The molecule has 1 fully saturated rings. The van der Waals surface area contributed by atoms with E-state index >= 15 is 0 Å². The van der Waals surface area contributed by atoms with Crippen molar-refractivity contribution in [2.75, 3.05) is 13.2 Å². The standard InChI is InChI=1S/C18H24O8/c1-5-23-15(19)11-9-13(17(21)25-7-3)14(18(22)26-8-4)10-12(11)16(20)24-6-2/h5-6,11-14H,1-2,7-10H2,3-4H3. The lowest BCUT2D eigenvalue weighted by Crippen LogP contribution is -2.46. The van der Waals surface area contributed by atoms with Crippen LogP contribution in [0.5, 0.6) is 0 Å². The molecule has 0 aliphatic heterocycles. The molecule has 1 saturated carbocycles. The molecule has 0 spiro atoms. The van der Waals surface area contributed by atoms with Gasteiger partial charge in [0.1, 0.15) is 0 Å². The highest BCUT2D eigenvalue weighted by atomic mass is 16.5. The lowest BCUT2D eigenvalue weighted by atomic mass is 9.68. The average Bonchev–Trinajstić information content (AvgIpc) is 2.61. The summed E-state index contributed by atoms with van der Waals surface area (Å²) in [6, 6.07) is 0. The zero-order chi connectivity index (χ0) is 19.7.